The number of unbranched alkanes of at least 4 members (excludes halogenated alkanes) is 1. The second kappa shape index (κ2) is 8.10. The Morgan fingerprint density at radius 2 is 2.00 bits per heavy atom. The van der Waals surface area contributed by atoms with E-state index in [-0.39, 0.29) is 0 Å². The lowest BCUT2D eigenvalue weighted by Crippen LogP contribution is -2.44. The Balaban J connectivity index is 1.43. The van der Waals surface area contributed by atoms with Gasteiger partial charge in [0.15, 0.2) is 0 Å². The molecular weight excluding hydrogens is 228 g/mol. The van der Waals surface area contributed by atoms with E-state index in [0.29, 0.717) is 6.61 Å². The molecule has 0 radical (unpaired) electrons. The number of hydrogen-bond donors (Lipinski definition) is 1. The molecule has 0 aromatic carbocycles. The second-order valence-electron chi connectivity index (χ2n) is 5.51. The topological polar surface area (TPSA) is 33.7 Å². The van der Waals surface area contributed by atoms with Gasteiger partial charge in [0.1, 0.15) is 0 Å². The van der Waals surface area contributed by atoms with E-state index in [9.17, 15) is 0 Å². The van der Waals surface area contributed by atoms with Crippen molar-refractivity contribution in [2.24, 2.45) is 5.92 Å². The first-order chi connectivity index (χ1) is 8.90. The highest BCUT2D eigenvalue weighted by molar-refractivity contribution is 4.90. The van der Waals surface area contributed by atoms with Crippen LogP contribution in [0.15, 0.2) is 0 Å². The van der Waals surface area contributed by atoms with Crippen LogP contribution in [-0.4, -0.2) is 64.1 Å². The maximum atomic E-state index is 5.46. The van der Waals surface area contributed by atoms with Gasteiger partial charge < -0.3 is 19.7 Å². The first kappa shape index (κ1) is 14.3. The Morgan fingerprint density at radius 1 is 1.11 bits per heavy atom. The fraction of sp³-hybridized carbons (Fsp3) is 1.00. The Bertz CT molecular complexity index is 226. The van der Waals surface area contributed by atoms with Crippen LogP contribution in [0.4, 0.5) is 0 Å². The first-order valence-corrected chi connectivity index (χ1v) is 7.42. The SMILES string of the molecule is COCCOCCCCNC1CCN2CCC1C2. The van der Waals surface area contributed by atoms with E-state index in [0.717, 1.165) is 38.1 Å². The van der Waals surface area contributed by atoms with Crippen LogP contribution in [0.1, 0.15) is 25.7 Å². The smallest absolute Gasteiger partial charge is 0.0700 e. The highest BCUT2D eigenvalue weighted by Gasteiger charge is 2.33. The van der Waals surface area contributed by atoms with Gasteiger partial charge in [-0.05, 0) is 51.2 Å². The molecule has 2 fully saturated rings. The number of methoxy groups -OCH3 is 1. The summed E-state index contributed by atoms with van der Waals surface area (Å²) in [6.07, 6.45) is 5.12. The summed E-state index contributed by atoms with van der Waals surface area (Å²) in [4.78, 5) is 2.60. The molecule has 0 aromatic heterocycles. The third-order valence-electron chi connectivity index (χ3n) is 4.19. The minimum absolute atomic E-state index is 0.707. The molecule has 4 nitrogen and oxygen atoms in total. The molecule has 4 heteroatoms. The van der Waals surface area contributed by atoms with Crippen LogP contribution in [-0.2, 0) is 9.47 Å². The van der Waals surface area contributed by atoms with E-state index in [1.165, 1.54) is 38.9 Å². The standard InChI is InChI=1S/C14H28N2O2/c1-17-10-11-18-9-3-2-6-15-14-5-8-16-7-4-13(14)12-16/h13-15H,2-12H2,1H3. The molecule has 0 spiro atoms. The predicted molar refractivity (Wildman–Crippen MR) is 72.9 cm³/mol. The van der Waals surface area contributed by atoms with E-state index >= 15 is 0 Å². The van der Waals surface area contributed by atoms with Gasteiger partial charge in [-0.25, -0.2) is 0 Å². The van der Waals surface area contributed by atoms with Crippen molar-refractivity contribution in [1.82, 2.24) is 10.2 Å². The van der Waals surface area contributed by atoms with E-state index in [4.69, 9.17) is 9.47 Å². The summed E-state index contributed by atoms with van der Waals surface area (Å²) in [7, 11) is 1.71. The second-order valence-corrected chi connectivity index (χ2v) is 5.51. The molecule has 2 aliphatic heterocycles. The average molecular weight is 256 g/mol. The number of ether oxygens (including phenoxy) is 2. The number of piperidine rings is 1. The highest BCUT2D eigenvalue weighted by atomic mass is 16.5. The maximum Gasteiger partial charge on any atom is 0.0700 e. The summed E-state index contributed by atoms with van der Waals surface area (Å²) >= 11 is 0. The van der Waals surface area contributed by atoms with Gasteiger partial charge in [0.25, 0.3) is 0 Å². The Labute approximate surface area is 111 Å². The van der Waals surface area contributed by atoms with Crippen molar-refractivity contribution in [3.8, 4) is 0 Å². The molecule has 0 amide bonds. The van der Waals surface area contributed by atoms with Crippen molar-refractivity contribution in [3.05, 3.63) is 0 Å². The van der Waals surface area contributed by atoms with Crippen LogP contribution in [0.5, 0.6) is 0 Å². The largest absolute Gasteiger partial charge is 0.382 e. The summed E-state index contributed by atoms with van der Waals surface area (Å²) in [6.45, 7) is 7.41. The first-order valence-electron chi connectivity index (χ1n) is 7.42. The molecule has 2 bridgehead atoms. The van der Waals surface area contributed by atoms with Gasteiger partial charge in [0.2, 0.25) is 0 Å². The van der Waals surface area contributed by atoms with E-state index in [1.807, 2.05) is 0 Å². The van der Waals surface area contributed by atoms with Crippen LogP contribution in [0.25, 0.3) is 0 Å². The zero-order valence-corrected chi connectivity index (χ0v) is 11.7. The number of nitrogens with one attached hydrogen (secondary N) is 1. The van der Waals surface area contributed by atoms with E-state index < -0.39 is 0 Å². The quantitative estimate of drug-likeness (QED) is 0.627. The van der Waals surface area contributed by atoms with Crippen molar-refractivity contribution in [3.63, 3.8) is 0 Å². The minimum Gasteiger partial charge on any atom is -0.382 e. The molecule has 2 rings (SSSR count). The van der Waals surface area contributed by atoms with Gasteiger partial charge in [0, 0.05) is 26.3 Å². The lowest BCUT2D eigenvalue weighted by Gasteiger charge is -2.31. The minimum atomic E-state index is 0.707. The zero-order chi connectivity index (χ0) is 12.6. The normalized spacial score (nSPS) is 30.8. The molecule has 106 valence electrons. The summed E-state index contributed by atoms with van der Waals surface area (Å²) in [5.74, 6) is 0.914. The molecule has 3 unspecified atom stereocenters. The monoisotopic (exact) mass is 256 g/mol. The summed E-state index contributed by atoms with van der Waals surface area (Å²) in [5, 5.41) is 3.74. The van der Waals surface area contributed by atoms with Crippen molar-refractivity contribution in [1.29, 1.82) is 0 Å². The highest BCUT2D eigenvalue weighted by Crippen LogP contribution is 2.26. The Hall–Kier alpha value is -0.160. The maximum absolute atomic E-state index is 5.46. The average Bonchev–Trinajstić information content (AvgIpc) is 2.78. The number of nitrogens with zero attached hydrogens (tertiary/aromatic N) is 1. The van der Waals surface area contributed by atoms with Crippen molar-refractivity contribution in [2.45, 2.75) is 31.7 Å². The van der Waals surface area contributed by atoms with Crippen molar-refractivity contribution < 1.29 is 9.47 Å². The summed E-state index contributed by atoms with van der Waals surface area (Å²) in [6, 6.07) is 0.776. The summed E-state index contributed by atoms with van der Waals surface area (Å²) in [5.41, 5.74) is 0. The van der Waals surface area contributed by atoms with Gasteiger partial charge in [-0.3, -0.25) is 0 Å². The van der Waals surface area contributed by atoms with Gasteiger partial charge in [-0.15, -0.1) is 0 Å². The summed E-state index contributed by atoms with van der Waals surface area (Å²) < 4.78 is 10.4. The van der Waals surface area contributed by atoms with Gasteiger partial charge in [-0.2, -0.15) is 0 Å². The van der Waals surface area contributed by atoms with Crippen LogP contribution in [0.3, 0.4) is 0 Å². The molecule has 2 heterocycles. The molecular formula is C14H28N2O2. The molecule has 0 aliphatic carbocycles. The van der Waals surface area contributed by atoms with Crippen molar-refractivity contribution >= 4 is 0 Å². The number of hydrogen-bond acceptors (Lipinski definition) is 4. The van der Waals surface area contributed by atoms with Crippen LogP contribution >= 0.6 is 0 Å². The zero-order valence-electron chi connectivity index (χ0n) is 11.7. The molecule has 2 saturated heterocycles. The third-order valence-corrected chi connectivity index (χ3v) is 4.19. The van der Waals surface area contributed by atoms with Gasteiger partial charge >= 0.3 is 0 Å². The predicted octanol–water partition coefficient (Wildman–Crippen LogP) is 1.11. The molecule has 18 heavy (non-hydrogen) atoms. The third kappa shape index (κ3) is 4.50. The Kier molecular flexibility index (Phi) is 6.41. The van der Waals surface area contributed by atoms with Gasteiger partial charge in [-0.1, -0.05) is 0 Å². The van der Waals surface area contributed by atoms with E-state index in [1.54, 1.807) is 7.11 Å². The Morgan fingerprint density at radius 3 is 2.89 bits per heavy atom. The van der Waals surface area contributed by atoms with Crippen LogP contribution < -0.4 is 5.32 Å². The number of fused-ring (bicyclic) bond motifs is 2. The van der Waals surface area contributed by atoms with Crippen molar-refractivity contribution in [2.75, 3.05) is 53.1 Å². The lowest BCUT2D eigenvalue weighted by atomic mass is 9.94. The fourth-order valence-electron chi connectivity index (χ4n) is 3.08. The fourth-order valence-corrected chi connectivity index (χ4v) is 3.08. The molecule has 2 aliphatic rings. The molecule has 3 atom stereocenters. The van der Waals surface area contributed by atoms with Crippen LogP contribution in [0.2, 0.25) is 0 Å². The lowest BCUT2D eigenvalue weighted by molar-refractivity contribution is 0.0686. The molecule has 0 saturated carbocycles. The molecule has 0 aromatic rings. The van der Waals surface area contributed by atoms with E-state index in [2.05, 4.69) is 10.2 Å². The van der Waals surface area contributed by atoms with Gasteiger partial charge in [0.05, 0.1) is 13.2 Å². The van der Waals surface area contributed by atoms with Crippen LogP contribution in [0, 0.1) is 5.92 Å². The number of rotatable bonds is 9. The molecule has 1 N–H and O–H groups in total.